The van der Waals surface area contributed by atoms with Crippen LogP contribution < -0.4 is 26.4 Å². The monoisotopic (exact) mass is 472 g/mol. The van der Waals surface area contributed by atoms with Gasteiger partial charge in [0.15, 0.2) is 0 Å². The number of nitrogen functional groups attached to an aromatic ring is 1. The molecule has 1 atom stereocenters. The predicted molar refractivity (Wildman–Crippen MR) is 141 cm³/mol. The van der Waals surface area contributed by atoms with Crippen molar-refractivity contribution in [1.29, 1.82) is 0 Å². The van der Waals surface area contributed by atoms with Crippen LogP contribution in [0.2, 0.25) is 0 Å². The van der Waals surface area contributed by atoms with Crippen molar-refractivity contribution in [1.82, 2.24) is 10.6 Å². The predicted octanol–water partition coefficient (Wildman–Crippen LogP) is 4.28. The van der Waals surface area contributed by atoms with Gasteiger partial charge in [0.05, 0.1) is 18.5 Å². The standard InChI is InChI=1S/C28H32N4O3/c1-19(2)31-28(34)27(30-18-21-10-15-23(35-3)16-11-21)22-13-8-20(9-14-22)12-17-26(33)32-25-7-5-4-6-24(25)29/h4-17,19,27,30H,18,29H2,1-3H3,(H,31,34)(H,32,33)/b17-12+. The van der Waals surface area contributed by atoms with Crippen molar-refractivity contribution < 1.29 is 14.3 Å². The van der Waals surface area contributed by atoms with E-state index >= 15 is 0 Å². The van der Waals surface area contributed by atoms with Gasteiger partial charge in [-0.2, -0.15) is 0 Å². The quantitative estimate of drug-likeness (QED) is 0.260. The van der Waals surface area contributed by atoms with Gasteiger partial charge in [-0.25, -0.2) is 0 Å². The Bertz CT molecular complexity index is 1160. The van der Waals surface area contributed by atoms with Crippen LogP contribution in [0.25, 0.3) is 6.08 Å². The fraction of sp³-hybridized carbons (Fsp3) is 0.214. The lowest BCUT2D eigenvalue weighted by atomic mass is 10.0. The van der Waals surface area contributed by atoms with Crippen LogP contribution in [0.15, 0.2) is 78.9 Å². The largest absolute Gasteiger partial charge is 0.497 e. The molecule has 182 valence electrons. The van der Waals surface area contributed by atoms with E-state index in [0.717, 1.165) is 22.4 Å². The summed E-state index contributed by atoms with van der Waals surface area (Å²) >= 11 is 0. The first kappa shape index (κ1) is 25.5. The van der Waals surface area contributed by atoms with Crippen molar-refractivity contribution >= 4 is 29.3 Å². The molecule has 7 nitrogen and oxygen atoms in total. The summed E-state index contributed by atoms with van der Waals surface area (Å²) in [5.41, 5.74) is 9.65. The Balaban J connectivity index is 1.68. The number of para-hydroxylation sites is 2. The minimum Gasteiger partial charge on any atom is -0.497 e. The van der Waals surface area contributed by atoms with Gasteiger partial charge in [0.1, 0.15) is 11.8 Å². The number of ether oxygens (including phenoxy) is 1. The van der Waals surface area contributed by atoms with E-state index < -0.39 is 6.04 Å². The molecular weight excluding hydrogens is 440 g/mol. The van der Waals surface area contributed by atoms with Gasteiger partial charge in [-0.15, -0.1) is 0 Å². The Morgan fingerprint density at radius 1 is 0.971 bits per heavy atom. The van der Waals surface area contributed by atoms with Crippen LogP contribution in [0, 0.1) is 0 Å². The van der Waals surface area contributed by atoms with Crippen LogP contribution in [0.1, 0.15) is 36.6 Å². The summed E-state index contributed by atoms with van der Waals surface area (Å²) in [5, 5.41) is 9.09. The third-order valence-electron chi connectivity index (χ3n) is 5.28. The summed E-state index contributed by atoms with van der Waals surface area (Å²) in [6, 6.07) is 21.8. The van der Waals surface area contributed by atoms with Gasteiger partial charge in [0.2, 0.25) is 11.8 Å². The summed E-state index contributed by atoms with van der Waals surface area (Å²) in [5.74, 6) is 0.409. The fourth-order valence-corrected chi connectivity index (χ4v) is 3.45. The Hall–Kier alpha value is -4.10. The Labute approximate surface area is 206 Å². The fourth-order valence-electron chi connectivity index (χ4n) is 3.45. The van der Waals surface area contributed by atoms with Crippen molar-refractivity contribution in [3.63, 3.8) is 0 Å². The second kappa shape index (κ2) is 12.4. The number of carbonyl (C=O) groups is 2. The minimum atomic E-state index is -0.526. The topological polar surface area (TPSA) is 105 Å². The highest BCUT2D eigenvalue weighted by Crippen LogP contribution is 2.19. The van der Waals surface area contributed by atoms with E-state index in [9.17, 15) is 9.59 Å². The zero-order valence-corrected chi connectivity index (χ0v) is 20.2. The molecule has 0 saturated carbocycles. The normalized spacial score (nSPS) is 11.9. The highest BCUT2D eigenvalue weighted by atomic mass is 16.5. The molecule has 35 heavy (non-hydrogen) atoms. The molecule has 0 aliphatic rings. The molecule has 0 saturated heterocycles. The summed E-state index contributed by atoms with van der Waals surface area (Å²) in [6.07, 6.45) is 3.17. The first-order chi connectivity index (χ1) is 16.9. The van der Waals surface area contributed by atoms with Gasteiger partial charge >= 0.3 is 0 Å². The third-order valence-corrected chi connectivity index (χ3v) is 5.28. The van der Waals surface area contributed by atoms with E-state index in [1.807, 2.05) is 74.5 Å². The first-order valence-corrected chi connectivity index (χ1v) is 11.5. The number of benzene rings is 3. The number of rotatable bonds is 10. The van der Waals surface area contributed by atoms with Crippen LogP contribution in [0.3, 0.4) is 0 Å². The van der Waals surface area contributed by atoms with Crippen LogP contribution >= 0.6 is 0 Å². The molecule has 0 aromatic heterocycles. The summed E-state index contributed by atoms with van der Waals surface area (Å²) in [7, 11) is 1.63. The van der Waals surface area contributed by atoms with Gasteiger partial charge < -0.3 is 21.1 Å². The van der Waals surface area contributed by atoms with Crippen LogP contribution in [0.5, 0.6) is 5.75 Å². The SMILES string of the molecule is COc1ccc(CNC(C(=O)NC(C)C)c2ccc(/C=C/C(=O)Nc3ccccc3N)cc2)cc1. The number of amides is 2. The van der Waals surface area contributed by atoms with E-state index in [1.54, 1.807) is 25.3 Å². The molecule has 0 aliphatic heterocycles. The Morgan fingerprint density at radius 3 is 2.29 bits per heavy atom. The number of nitrogens with two attached hydrogens (primary N) is 1. The van der Waals surface area contributed by atoms with Crippen molar-refractivity contribution in [2.75, 3.05) is 18.2 Å². The molecule has 3 aromatic rings. The van der Waals surface area contributed by atoms with Crippen molar-refractivity contribution in [2.45, 2.75) is 32.5 Å². The minimum absolute atomic E-state index is 0.0205. The smallest absolute Gasteiger partial charge is 0.248 e. The highest BCUT2D eigenvalue weighted by molar-refractivity contribution is 6.03. The van der Waals surface area contributed by atoms with Crippen LogP contribution in [-0.2, 0) is 16.1 Å². The van der Waals surface area contributed by atoms with Gasteiger partial charge in [-0.3, -0.25) is 14.9 Å². The lowest BCUT2D eigenvalue weighted by Crippen LogP contribution is -2.40. The van der Waals surface area contributed by atoms with Gasteiger partial charge in [-0.05, 0) is 60.9 Å². The van der Waals surface area contributed by atoms with E-state index in [4.69, 9.17) is 10.5 Å². The maximum atomic E-state index is 12.9. The molecule has 1 unspecified atom stereocenters. The molecule has 5 N–H and O–H groups in total. The zero-order chi connectivity index (χ0) is 25.2. The molecule has 3 rings (SSSR count). The molecule has 7 heteroatoms. The second-order valence-electron chi connectivity index (χ2n) is 8.40. The number of carbonyl (C=O) groups excluding carboxylic acids is 2. The molecule has 2 amide bonds. The average Bonchev–Trinajstić information content (AvgIpc) is 2.85. The summed E-state index contributed by atoms with van der Waals surface area (Å²) < 4.78 is 5.21. The summed E-state index contributed by atoms with van der Waals surface area (Å²) in [6.45, 7) is 4.38. The van der Waals surface area contributed by atoms with E-state index in [1.165, 1.54) is 6.08 Å². The second-order valence-corrected chi connectivity index (χ2v) is 8.40. The van der Waals surface area contributed by atoms with E-state index in [0.29, 0.717) is 17.9 Å². The number of hydrogen-bond donors (Lipinski definition) is 4. The zero-order valence-electron chi connectivity index (χ0n) is 20.2. The van der Waals surface area contributed by atoms with Gasteiger partial charge in [0, 0.05) is 18.7 Å². The lowest BCUT2D eigenvalue weighted by molar-refractivity contribution is -0.123. The van der Waals surface area contributed by atoms with Crippen LogP contribution in [0.4, 0.5) is 11.4 Å². The Morgan fingerprint density at radius 2 is 1.66 bits per heavy atom. The van der Waals surface area contributed by atoms with E-state index in [-0.39, 0.29) is 17.9 Å². The molecule has 0 spiro atoms. The average molecular weight is 473 g/mol. The molecule has 3 aromatic carbocycles. The maximum absolute atomic E-state index is 12.9. The highest BCUT2D eigenvalue weighted by Gasteiger charge is 2.20. The van der Waals surface area contributed by atoms with Gasteiger partial charge in [-0.1, -0.05) is 48.5 Å². The van der Waals surface area contributed by atoms with Crippen molar-refractivity contribution in [3.8, 4) is 5.75 Å². The molecule has 0 aliphatic carbocycles. The molecule has 0 fully saturated rings. The molecule has 0 heterocycles. The van der Waals surface area contributed by atoms with Crippen molar-refractivity contribution in [2.24, 2.45) is 0 Å². The number of anilines is 2. The van der Waals surface area contributed by atoms with E-state index in [2.05, 4.69) is 16.0 Å². The molecule has 0 radical (unpaired) electrons. The number of methoxy groups -OCH3 is 1. The Kier molecular flexibility index (Phi) is 9.03. The van der Waals surface area contributed by atoms with Crippen molar-refractivity contribution in [3.05, 3.63) is 95.6 Å². The van der Waals surface area contributed by atoms with Gasteiger partial charge in [0.25, 0.3) is 0 Å². The number of hydrogen-bond acceptors (Lipinski definition) is 5. The maximum Gasteiger partial charge on any atom is 0.248 e. The molecule has 0 bridgehead atoms. The number of nitrogens with one attached hydrogen (secondary N) is 3. The third kappa shape index (κ3) is 7.72. The first-order valence-electron chi connectivity index (χ1n) is 11.5. The molecular formula is C28H32N4O3. The lowest BCUT2D eigenvalue weighted by Gasteiger charge is -2.21. The summed E-state index contributed by atoms with van der Waals surface area (Å²) in [4.78, 5) is 25.1. The van der Waals surface area contributed by atoms with Crippen LogP contribution in [-0.4, -0.2) is 25.0 Å².